The zero-order valence-electron chi connectivity index (χ0n) is 23.0. The van der Waals surface area contributed by atoms with E-state index in [0.717, 1.165) is 23.1 Å². The second-order valence-electron chi connectivity index (χ2n) is 11.0. The van der Waals surface area contributed by atoms with Crippen LogP contribution in [0.1, 0.15) is 82.4 Å². The van der Waals surface area contributed by atoms with E-state index in [9.17, 15) is 27.9 Å². The molecule has 1 aromatic carbocycles. The Hall–Kier alpha value is -2.43. The highest BCUT2D eigenvalue weighted by atomic mass is 32.1. The highest BCUT2D eigenvalue weighted by molar-refractivity contribution is 7.14. The molecule has 0 aliphatic heterocycles. The van der Waals surface area contributed by atoms with E-state index in [-0.39, 0.29) is 54.6 Å². The molecule has 1 heterocycles. The number of benzene rings is 1. The van der Waals surface area contributed by atoms with Gasteiger partial charge in [-0.05, 0) is 72.3 Å². The van der Waals surface area contributed by atoms with Crippen molar-refractivity contribution in [1.29, 1.82) is 0 Å². The number of halogens is 3. The SMILES string of the molecule is CCc1cc(CCC(=O)c2sc(C(F)(F)F)c3c2CCC(C)(C)C3)cc(C)c1OCC(O)CNC(=O)CCO. The van der Waals surface area contributed by atoms with Crippen molar-refractivity contribution in [2.24, 2.45) is 5.41 Å². The van der Waals surface area contributed by atoms with Gasteiger partial charge < -0.3 is 20.3 Å². The Kier molecular flexibility index (Phi) is 10.2. The Morgan fingerprint density at radius 2 is 1.92 bits per heavy atom. The lowest BCUT2D eigenvalue weighted by Gasteiger charge is -2.30. The average molecular weight is 570 g/mol. The normalized spacial score (nSPS) is 15.5. The number of ether oxygens (including phenoxy) is 1. The molecule has 39 heavy (non-hydrogen) atoms. The van der Waals surface area contributed by atoms with Gasteiger partial charge in [0.05, 0.1) is 11.5 Å². The fraction of sp³-hybridized carbons (Fsp3) is 0.586. The molecule has 1 unspecified atom stereocenters. The lowest BCUT2D eigenvalue weighted by atomic mass is 9.74. The lowest BCUT2D eigenvalue weighted by Crippen LogP contribution is -2.35. The minimum absolute atomic E-state index is 0.000490. The fourth-order valence-electron chi connectivity index (χ4n) is 5.01. The summed E-state index contributed by atoms with van der Waals surface area (Å²) in [5, 5.41) is 21.4. The third-order valence-corrected chi connectivity index (χ3v) is 8.42. The first-order valence-corrected chi connectivity index (χ1v) is 14.1. The second-order valence-corrected chi connectivity index (χ2v) is 12.0. The molecular formula is C29H38F3NO5S. The Morgan fingerprint density at radius 1 is 1.21 bits per heavy atom. The number of carbonyl (C=O) groups excluding carboxylic acids is 2. The number of hydrogen-bond acceptors (Lipinski definition) is 6. The van der Waals surface area contributed by atoms with E-state index in [0.29, 0.717) is 53.9 Å². The summed E-state index contributed by atoms with van der Waals surface area (Å²) in [5.41, 5.74) is 3.26. The van der Waals surface area contributed by atoms with E-state index in [1.807, 2.05) is 39.8 Å². The van der Waals surface area contributed by atoms with E-state index >= 15 is 0 Å². The van der Waals surface area contributed by atoms with Crippen LogP contribution in [0.2, 0.25) is 0 Å². The predicted molar refractivity (Wildman–Crippen MR) is 145 cm³/mol. The van der Waals surface area contributed by atoms with Crippen molar-refractivity contribution in [2.75, 3.05) is 19.8 Å². The van der Waals surface area contributed by atoms with Crippen molar-refractivity contribution < 1.29 is 37.7 Å². The summed E-state index contributed by atoms with van der Waals surface area (Å²) >= 11 is 0.600. The van der Waals surface area contributed by atoms with Crippen LogP contribution in [-0.2, 0) is 36.7 Å². The summed E-state index contributed by atoms with van der Waals surface area (Å²) < 4.78 is 47.2. The van der Waals surface area contributed by atoms with Crippen molar-refractivity contribution in [3.8, 4) is 5.75 Å². The first-order chi connectivity index (χ1) is 18.3. The van der Waals surface area contributed by atoms with E-state index in [1.54, 1.807) is 0 Å². The monoisotopic (exact) mass is 569 g/mol. The summed E-state index contributed by atoms with van der Waals surface area (Å²) in [6.07, 6.45) is -2.73. The predicted octanol–water partition coefficient (Wildman–Crippen LogP) is 5.21. The summed E-state index contributed by atoms with van der Waals surface area (Å²) in [6.45, 7) is 7.45. The van der Waals surface area contributed by atoms with Crippen LogP contribution < -0.4 is 10.1 Å². The Bertz CT molecular complexity index is 1190. The van der Waals surface area contributed by atoms with Crippen molar-refractivity contribution in [3.63, 3.8) is 0 Å². The number of fused-ring (bicyclic) bond motifs is 1. The van der Waals surface area contributed by atoms with Gasteiger partial charge in [-0.2, -0.15) is 13.2 Å². The molecule has 1 aliphatic rings. The summed E-state index contributed by atoms with van der Waals surface area (Å²) in [7, 11) is 0. The molecule has 1 aromatic heterocycles. The van der Waals surface area contributed by atoms with E-state index in [2.05, 4.69) is 5.32 Å². The van der Waals surface area contributed by atoms with Gasteiger partial charge >= 0.3 is 6.18 Å². The van der Waals surface area contributed by atoms with Crippen molar-refractivity contribution >= 4 is 23.0 Å². The fourth-order valence-corrected chi connectivity index (χ4v) is 6.21. The molecule has 1 aliphatic carbocycles. The smallest absolute Gasteiger partial charge is 0.425 e. The molecule has 216 valence electrons. The van der Waals surface area contributed by atoms with Gasteiger partial charge in [0, 0.05) is 19.4 Å². The van der Waals surface area contributed by atoms with Gasteiger partial charge in [-0.3, -0.25) is 9.59 Å². The Balaban J connectivity index is 1.69. The molecule has 0 bridgehead atoms. The molecule has 0 radical (unpaired) electrons. The van der Waals surface area contributed by atoms with Crippen molar-refractivity contribution in [1.82, 2.24) is 5.32 Å². The second kappa shape index (κ2) is 12.8. The van der Waals surface area contributed by atoms with Gasteiger partial charge in [-0.15, -0.1) is 11.3 Å². The van der Waals surface area contributed by atoms with Crippen LogP contribution in [0.5, 0.6) is 5.75 Å². The Labute approximate surface area is 231 Å². The minimum atomic E-state index is -4.47. The number of Topliss-reactive ketones (excluding diaryl/α,β-unsaturated/α-hetero) is 1. The summed E-state index contributed by atoms with van der Waals surface area (Å²) in [6, 6.07) is 3.82. The quantitative estimate of drug-likeness (QED) is 0.305. The van der Waals surface area contributed by atoms with Gasteiger partial charge in [0.1, 0.15) is 23.3 Å². The van der Waals surface area contributed by atoms with Crippen molar-refractivity contribution in [3.05, 3.63) is 49.7 Å². The lowest BCUT2D eigenvalue weighted by molar-refractivity contribution is -0.135. The van der Waals surface area contributed by atoms with Crippen molar-refractivity contribution in [2.45, 2.75) is 84.9 Å². The molecule has 3 N–H and O–H groups in total. The molecule has 1 atom stereocenters. The maximum Gasteiger partial charge on any atom is 0.425 e. The highest BCUT2D eigenvalue weighted by Gasteiger charge is 2.42. The molecule has 10 heteroatoms. The largest absolute Gasteiger partial charge is 0.490 e. The van der Waals surface area contributed by atoms with E-state index in [1.165, 1.54) is 0 Å². The number of rotatable bonds is 12. The number of alkyl halides is 3. The molecule has 1 amide bonds. The number of amides is 1. The van der Waals surface area contributed by atoms with Gasteiger partial charge in [0.15, 0.2) is 5.78 Å². The maximum atomic E-state index is 13.8. The van der Waals surface area contributed by atoms with E-state index in [4.69, 9.17) is 9.84 Å². The van der Waals surface area contributed by atoms with Crippen LogP contribution in [0.25, 0.3) is 0 Å². The number of carbonyl (C=O) groups is 2. The van der Waals surface area contributed by atoms with Crippen LogP contribution in [-0.4, -0.2) is 47.8 Å². The number of aryl methyl sites for hydroxylation is 3. The first kappa shape index (κ1) is 31.1. The van der Waals surface area contributed by atoms with Crippen LogP contribution >= 0.6 is 11.3 Å². The first-order valence-electron chi connectivity index (χ1n) is 13.3. The van der Waals surface area contributed by atoms with Gasteiger partial charge in [0.25, 0.3) is 0 Å². The standard InChI is InChI=1S/C29H38F3NO5S/c1-5-19-13-18(12-17(2)25(19)38-16-20(35)15-33-24(37)9-11-34)6-7-23(36)26-21-8-10-28(3,4)14-22(21)27(39-26)29(30,31)32/h12-13,20,34-35H,5-11,14-16H2,1-4H3,(H,33,37). The van der Waals surface area contributed by atoms with Gasteiger partial charge in [-0.1, -0.05) is 32.9 Å². The molecule has 6 nitrogen and oxygen atoms in total. The number of hydrogen-bond donors (Lipinski definition) is 3. The van der Waals surface area contributed by atoms with E-state index < -0.39 is 17.2 Å². The highest BCUT2D eigenvalue weighted by Crippen LogP contribution is 2.47. The summed E-state index contributed by atoms with van der Waals surface area (Å²) in [5.74, 6) is 0.00864. The number of aliphatic hydroxyl groups excluding tert-OH is 2. The number of ketones is 1. The number of aliphatic hydroxyl groups is 2. The van der Waals surface area contributed by atoms with Crippen LogP contribution in [0, 0.1) is 12.3 Å². The topological polar surface area (TPSA) is 95.9 Å². The molecule has 0 saturated heterocycles. The molecule has 0 spiro atoms. The number of thiophene rings is 1. The van der Waals surface area contributed by atoms with Gasteiger partial charge in [0.2, 0.25) is 5.91 Å². The van der Waals surface area contributed by atoms with Crippen LogP contribution in [0.15, 0.2) is 12.1 Å². The molecule has 2 aromatic rings. The van der Waals surface area contributed by atoms with Crippen LogP contribution in [0.3, 0.4) is 0 Å². The zero-order chi connectivity index (χ0) is 29.0. The molecule has 0 saturated carbocycles. The number of nitrogens with one attached hydrogen (secondary N) is 1. The van der Waals surface area contributed by atoms with Gasteiger partial charge in [-0.25, -0.2) is 0 Å². The Morgan fingerprint density at radius 3 is 2.56 bits per heavy atom. The third-order valence-electron chi connectivity index (χ3n) is 7.06. The third kappa shape index (κ3) is 8.05. The molecule has 0 fully saturated rings. The molecular weight excluding hydrogens is 531 g/mol. The minimum Gasteiger partial charge on any atom is -0.490 e. The average Bonchev–Trinajstić information content (AvgIpc) is 3.23. The zero-order valence-corrected chi connectivity index (χ0v) is 23.8. The summed E-state index contributed by atoms with van der Waals surface area (Å²) in [4.78, 5) is 24.3. The van der Waals surface area contributed by atoms with Crippen LogP contribution in [0.4, 0.5) is 13.2 Å². The molecule has 3 rings (SSSR count). The maximum absolute atomic E-state index is 13.8.